The van der Waals surface area contributed by atoms with E-state index in [9.17, 15) is 4.79 Å². The van der Waals surface area contributed by atoms with Gasteiger partial charge in [-0.25, -0.2) is 0 Å². The average Bonchev–Trinajstić information content (AvgIpc) is 2.02. The van der Waals surface area contributed by atoms with E-state index in [1.165, 1.54) is 0 Å². The third-order valence-electron chi connectivity index (χ3n) is 1.99. The van der Waals surface area contributed by atoms with E-state index in [1.54, 1.807) is 0 Å². The fourth-order valence-electron chi connectivity index (χ4n) is 1.15. The van der Waals surface area contributed by atoms with E-state index in [0.29, 0.717) is 12.3 Å². The molecule has 0 fully saturated rings. The molecule has 13 heavy (non-hydrogen) atoms. The molecule has 3 heteroatoms. The minimum atomic E-state index is -0.731. The summed E-state index contributed by atoms with van der Waals surface area (Å²) in [5, 5.41) is 11.9. The van der Waals surface area contributed by atoms with Gasteiger partial charge in [-0.1, -0.05) is 27.2 Å². The predicted molar refractivity (Wildman–Crippen MR) is 53.8 cm³/mol. The first kappa shape index (κ1) is 12.4. The summed E-state index contributed by atoms with van der Waals surface area (Å²) >= 11 is 0. The molecule has 0 saturated carbocycles. The van der Waals surface area contributed by atoms with Crippen LogP contribution in [0.3, 0.4) is 0 Å². The SMILES string of the molecule is CCCC(NCCC(C)C)C(=O)O. The van der Waals surface area contributed by atoms with Crippen LogP contribution in [0, 0.1) is 5.92 Å². The van der Waals surface area contributed by atoms with Crippen molar-refractivity contribution in [2.24, 2.45) is 5.92 Å². The highest BCUT2D eigenvalue weighted by Gasteiger charge is 2.14. The van der Waals surface area contributed by atoms with E-state index >= 15 is 0 Å². The maximum absolute atomic E-state index is 10.7. The lowest BCUT2D eigenvalue weighted by molar-refractivity contribution is -0.139. The Kier molecular flexibility index (Phi) is 6.59. The second-order valence-electron chi connectivity index (χ2n) is 3.82. The van der Waals surface area contributed by atoms with E-state index in [2.05, 4.69) is 19.2 Å². The van der Waals surface area contributed by atoms with Crippen molar-refractivity contribution in [2.75, 3.05) is 6.54 Å². The van der Waals surface area contributed by atoms with Crippen molar-refractivity contribution in [3.8, 4) is 0 Å². The fraction of sp³-hybridized carbons (Fsp3) is 0.900. The van der Waals surface area contributed by atoms with E-state index in [-0.39, 0.29) is 6.04 Å². The Balaban J connectivity index is 3.63. The summed E-state index contributed by atoms with van der Waals surface area (Å²) < 4.78 is 0. The standard InChI is InChI=1S/C10H21NO2/c1-4-5-9(10(12)13)11-7-6-8(2)3/h8-9,11H,4-7H2,1-3H3,(H,12,13). The molecular formula is C10H21NO2. The number of hydrogen-bond acceptors (Lipinski definition) is 2. The highest BCUT2D eigenvalue weighted by molar-refractivity contribution is 5.73. The van der Waals surface area contributed by atoms with Crippen LogP contribution in [0.4, 0.5) is 0 Å². The first-order chi connectivity index (χ1) is 6.07. The summed E-state index contributed by atoms with van der Waals surface area (Å²) in [4.78, 5) is 10.7. The quantitative estimate of drug-likeness (QED) is 0.639. The summed E-state index contributed by atoms with van der Waals surface area (Å²) in [5.74, 6) is -0.103. The van der Waals surface area contributed by atoms with Gasteiger partial charge in [0.25, 0.3) is 0 Å². The van der Waals surface area contributed by atoms with Gasteiger partial charge in [0.2, 0.25) is 0 Å². The third-order valence-corrected chi connectivity index (χ3v) is 1.99. The lowest BCUT2D eigenvalue weighted by atomic mass is 10.1. The molecule has 0 aliphatic carbocycles. The van der Waals surface area contributed by atoms with Crippen LogP contribution in [0.1, 0.15) is 40.0 Å². The number of rotatable bonds is 7. The third kappa shape index (κ3) is 6.58. The van der Waals surface area contributed by atoms with Crippen LogP contribution in [-0.2, 0) is 4.79 Å². The minimum absolute atomic E-state index is 0.358. The summed E-state index contributed by atoms with van der Waals surface area (Å²) in [5.41, 5.74) is 0. The number of carbonyl (C=O) groups is 1. The Morgan fingerprint density at radius 2 is 2.00 bits per heavy atom. The van der Waals surface area contributed by atoms with Gasteiger partial charge < -0.3 is 10.4 Å². The van der Waals surface area contributed by atoms with Gasteiger partial charge in [0, 0.05) is 0 Å². The molecule has 0 aliphatic rings. The van der Waals surface area contributed by atoms with Crippen molar-refractivity contribution in [1.82, 2.24) is 5.32 Å². The molecule has 0 aliphatic heterocycles. The van der Waals surface area contributed by atoms with Gasteiger partial charge in [-0.3, -0.25) is 4.79 Å². The van der Waals surface area contributed by atoms with Crippen LogP contribution in [0.25, 0.3) is 0 Å². The second-order valence-corrected chi connectivity index (χ2v) is 3.82. The van der Waals surface area contributed by atoms with Crippen molar-refractivity contribution >= 4 is 5.97 Å². The smallest absolute Gasteiger partial charge is 0.320 e. The Bertz CT molecular complexity index is 146. The normalized spacial score (nSPS) is 13.2. The maximum Gasteiger partial charge on any atom is 0.320 e. The summed E-state index contributed by atoms with van der Waals surface area (Å²) in [6, 6.07) is -0.358. The number of carboxylic acid groups (broad SMARTS) is 1. The van der Waals surface area contributed by atoms with Crippen molar-refractivity contribution in [3.63, 3.8) is 0 Å². The Hall–Kier alpha value is -0.570. The van der Waals surface area contributed by atoms with Crippen molar-refractivity contribution in [2.45, 2.75) is 46.1 Å². The fourth-order valence-corrected chi connectivity index (χ4v) is 1.15. The summed E-state index contributed by atoms with van der Waals surface area (Å²) in [7, 11) is 0. The molecular weight excluding hydrogens is 166 g/mol. The zero-order chi connectivity index (χ0) is 10.3. The van der Waals surface area contributed by atoms with Gasteiger partial charge in [-0.2, -0.15) is 0 Å². The predicted octanol–water partition coefficient (Wildman–Crippen LogP) is 1.88. The van der Waals surface area contributed by atoms with Gasteiger partial charge >= 0.3 is 5.97 Å². The molecule has 0 rings (SSSR count). The molecule has 1 unspecified atom stereocenters. The van der Waals surface area contributed by atoms with Crippen LogP contribution in [0.15, 0.2) is 0 Å². The lowest BCUT2D eigenvalue weighted by Crippen LogP contribution is -2.37. The van der Waals surface area contributed by atoms with Gasteiger partial charge in [0.05, 0.1) is 0 Å². The van der Waals surface area contributed by atoms with Gasteiger partial charge in [0.1, 0.15) is 6.04 Å². The van der Waals surface area contributed by atoms with E-state index in [0.717, 1.165) is 19.4 Å². The van der Waals surface area contributed by atoms with Gasteiger partial charge in [-0.15, -0.1) is 0 Å². The highest BCUT2D eigenvalue weighted by atomic mass is 16.4. The first-order valence-corrected chi connectivity index (χ1v) is 5.04. The van der Waals surface area contributed by atoms with Crippen LogP contribution in [0.5, 0.6) is 0 Å². The molecule has 3 nitrogen and oxygen atoms in total. The molecule has 0 bridgehead atoms. The molecule has 0 amide bonds. The van der Waals surface area contributed by atoms with E-state index < -0.39 is 5.97 Å². The average molecular weight is 187 g/mol. The van der Waals surface area contributed by atoms with Crippen molar-refractivity contribution in [1.29, 1.82) is 0 Å². The van der Waals surface area contributed by atoms with Gasteiger partial charge in [-0.05, 0) is 25.3 Å². The Labute approximate surface area is 80.5 Å². The number of carboxylic acids is 1. The second kappa shape index (κ2) is 6.89. The molecule has 0 spiro atoms. The Morgan fingerprint density at radius 3 is 2.38 bits per heavy atom. The minimum Gasteiger partial charge on any atom is -0.480 e. The summed E-state index contributed by atoms with van der Waals surface area (Å²) in [6.45, 7) is 7.07. The topological polar surface area (TPSA) is 49.3 Å². The van der Waals surface area contributed by atoms with Crippen LogP contribution >= 0.6 is 0 Å². The molecule has 78 valence electrons. The van der Waals surface area contributed by atoms with E-state index in [4.69, 9.17) is 5.11 Å². The van der Waals surface area contributed by atoms with Gasteiger partial charge in [0.15, 0.2) is 0 Å². The highest BCUT2D eigenvalue weighted by Crippen LogP contribution is 2.00. The molecule has 0 aromatic carbocycles. The molecule has 0 saturated heterocycles. The van der Waals surface area contributed by atoms with Crippen LogP contribution in [0.2, 0.25) is 0 Å². The molecule has 0 aromatic rings. The van der Waals surface area contributed by atoms with Crippen molar-refractivity contribution < 1.29 is 9.90 Å². The molecule has 1 atom stereocenters. The number of hydrogen-bond donors (Lipinski definition) is 2. The first-order valence-electron chi connectivity index (χ1n) is 5.04. The molecule has 0 radical (unpaired) electrons. The lowest BCUT2D eigenvalue weighted by Gasteiger charge is -2.14. The molecule has 0 heterocycles. The zero-order valence-corrected chi connectivity index (χ0v) is 8.84. The largest absolute Gasteiger partial charge is 0.480 e. The van der Waals surface area contributed by atoms with Crippen LogP contribution < -0.4 is 5.32 Å². The number of nitrogens with one attached hydrogen (secondary N) is 1. The monoisotopic (exact) mass is 187 g/mol. The summed E-state index contributed by atoms with van der Waals surface area (Å²) in [6.07, 6.45) is 2.66. The van der Waals surface area contributed by atoms with Crippen LogP contribution in [-0.4, -0.2) is 23.7 Å². The maximum atomic E-state index is 10.7. The van der Waals surface area contributed by atoms with E-state index in [1.807, 2.05) is 6.92 Å². The molecule has 0 aromatic heterocycles. The molecule has 2 N–H and O–H groups in total. The zero-order valence-electron chi connectivity index (χ0n) is 8.84. The van der Waals surface area contributed by atoms with Crippen molar-refractivity contribution in [3.05, 3.63) is 0 Å². The number of aliphatic carboxylic acids is 1. The Morgan fingerprint density at radius 1 is 1.38 bits per heavy atom.